The maximum atomic E-state index is 13.3. The molecule has 0 unspecified atom stereocenters. The van der Waals surface area contributed by atoms with Crippen LogP contribution in [0, 0.1) is 5.82 Å². The second-order valence-electron chi connectivity index (χ2n) is 7.65. The summed E-state index contributed by atoms with van der Waals surface area (Å²) in [6.07, 6.45) is 1.25. The summed E-state index contributed by atoms with van der Waals surface area (Å²) in [6.45, 7) is -0.379. The number of nitrogens with zero attached hydrogens (tertiary/aromatic N) is 1. The van der Waals surface area contributed by atoms with Crippen LogP contribution >= 0.6 is 15.9 Å². The van der Waals surface area contributed by atoms with Crippen LogP contribution in [0.2, 0.25) is 0 Å². The van der Waals surface area contributed by atoms with Crippen molar-refractivity contribution in [2.24, 2.45) is 0 Å². The van der Waals surface area contributed by atoms with Gasteiger partial charge in [0.2, 0.25) is 0 Å². The van der Waals surface area contributed by atoms with Gasteiger partial charge in [0, 0.05) is 10.0 Å². The fraction of sp³-hybridized carbons (Fsp3) is 0.0769. The number of amides is 5. The lowest BCUT2D eigenvalue weighted by Crippen LogP contribution is -2.54. The lowest BCUT2D eigenvalue weighted by Gasteiger charge is -2.26. The summed E-state index contributed by atoms with van der Waals surface area (Å²) in [4.78, 5) is 51.2. The molecule has 4 rings (SSSR count). The number of hydrogen-bond acceptors (Lipinski definition) is 6. The number of rotatable bonds is 7. The first-order valence-electron chi connectivity index (χ1n) is 10.8. The van der Waals surface area contributed by atoms with Gasteiger partial charge in [-0.05, 0) is 60.7 Å². The van der Waals surface area contributed by atoms with Crippen LogP contribution in [-0.2, 0) is 14.4 Å². The standard InChI is InChI=1S/C26H19BrFN3O6/c1-36-22-5-3-2-4-20(22)29-23(32)14-37-21-11-6-16(27)12-15(21)13-19-24(33)30-26(35)31(25(19)34)18-9-7-17(28)8-10-18/h2-13H,14H2,1H3,(H,29,32)(H,30,33,35)/b19-13+. The van der Waals surface area contributed by atoms with Crippen molar-refractivity contribution in [3.05, 3.63) is 88.2 Å². The summed E-state index contributed by atoms with van der Waals surface area (Å²) in [5, 5.41) is 4.79. The maximum absolute atomic E-state index is 13.3. The monoisotopic (exact) mass is 567 g/mol. The Hall–Kier alpha value is -4.51. The number of nitrogens with one attached hydrogen (secondary N) is 2. The Morgan fingerprint density at radius 1 is 1.05 bits per heavy atom. The first-order valence-corrected chi connectivity index (χ1v) is 11.6. The van der Waals surface area contributed by atoms with Crippen molar-refractivity contribution in [2.45, 2.75) is 0 Å². The molecule has 0 radical (unpaired) electrons. The second kappa shape index (κ2) is 11.0. The minimum Gasteiger partial charge on any atom is -0.495 e. The third-order valence-electron chi connectivity index (χ3n) is 5.20. The van der Waals surface area contributed by atoms with Gasteiger partial charge < -0.3 is 14.8 Å². The van der Waals surface area contributed by atoms with E-state index in [1.54, 1.807) is 42.5 Å². The normalized spacial score (nSPS) is 14.4. The average molecular weight is 568 g/mol. The van der Waals surface area contributed by atoms with E-state index in [9.17, 15) is 23.6 Å². The molecule has 188 valence electrons. The van der Waals surface area contributed by atoms with Crippen molar-refractivity contribution in [3.63, 3.8) is 0 Å². The highest BCUT2D eigenvalue weighted by Gasteiger charge is 2.37. The lowest BCUT2D eigenvalue weighted by molar-refractivity contribution is -0.122. The molecule has 1 heterocycles. The van der Waals surface area contributed by atoms with Crippen LogP contribution in [0.3, 0.4) is 0 Å². The first kappa shape index (κ1) is 25.6. The topological polar surface area (TPSA) is 114 Å². The van der Waals surface area contributed by atoms with Gasteiger partial charge in [-0.1, -0.05) is 28.1 Å². The van der Waals surface area contributed by atoms with E-state index in [2.05, 4.69) is 26.6 Å². The fourth-order valence-corrected chi connectivity index (χ4v) is 3.86. The summed E-state index contributed by atoms with van der Waals surface area (Å²) in [5.74, 6) is -2.14. The van der Waals surface area contributed by atoms with E-state index in [1.165, 1.54) is 25.3 Å². The second-order valence-corrected chi connectivity index (χ2v) is 8.57. The van der Waals surface area contributed by atoms with Crippen LogP contribution in [0.4, 0.5) is 20.6 Å². The first-order chi connectivity index (χ1) is 17.8. The van der Waals surface area contributed by atoms with Gasteiger partial charge >= 0.3 is 6.03 Å². The van der Waals surface area contributed by atoms with Gasteiger partial charge in [0.05, 0.1) is 18.5 Å². The van der Waals surface area contributed by atoms with Crippen LogP contribution in [0.15, 0.2) is 76.8 Å². The summed E-state index contributed by atoms with van der Waals surface area (Å²) in [5.41, 5.74) is 0.490. The number of anilines is 2. The van der Waals surface area contributed by atoms with E-state index in [1.807, 2.05) is 0 Å². The van der Waals surface area contributed by atoms with E-state index < -0.39 is 29.6 Å². The van der Waals surface area contributed by atoms with E-state index >= 15 is 0 Å². The number of carbonyl (C=O) groups is 4. The molecular formula is C26H19BrFN3O6. The molecule has 0 aliphatic carbocycles. The molecule has 1 aliphatic rings. The molecule has 3 aromatic carbocycles. The molecule has 1 fully saturated rings. The quantitative estimate of drug-likeness (QED) is 0.325. The molecule has 0 aromatic heterocycles. The number of methoxy groups -OCH3 is 1. The van der Waals surface area contributed by atoms with Crippen LogP contribution in [0.1, 0.15) is 5.56 Å². The molecule has 2 N–H and O–H groups in total. The predicted molar refractivity (Wildman–Crippen MR) is 137 cm³/mol. The van der Waals surface area contributed by atoms with Gasteiger partial charge in [0.15, 0.2) is 6.61 Å². The molecule has 0 saturated carbocycles. The molecule has 1 saturated heterocycles. The Morgan fingerprint density at radius 2 is 1.78 bits per heavy atom. The summed E-state index contributed by atoms with van der Waals surface area (Å²) < 4.78 is 24.8. The van der Waals surface area contributed by atoms with Crippen molar-refractivity contribution in [3.8, 4) is 11.5 Å². The van der Waals surface area contributed by atoms with Crippen LogP contribution < -0.4 is 25.0 Å². The summed E-state index contributed by atoms with van der Waals surface area (Å²) in [7, 11) is 1.48. The zero-order valence-corrected chi connectivity index (χ0v) is 20.9. The number of barbiturate groups is 1. The number of urea groups is 1. The predicted octanol–water partition coefficient (Wildman–Crippen LogP) is 4.28. The van der Waals surface area contributed by atoms with Crippen LogP contribution in [-0.4, -0.2) is 37.5 Å². The highest BCUT2D eigenvalue weighted by Crippen LogP contribution is 2.29. The van der Waals surface area contributed by atoms with Crippen molar-refractivity contribution in [1.29, 1.82) is 0 Å². The number of carbonyl (C=O) groups excluding carboxylic acids is 4. The van der Waals surface area contributed by atoms with Gasteiger partial charge in [-0.2, -0.15) is 0 Å². The van der Waals surface area contributed by atoms with Crippen molar-refractivity contribution < 1.29 is 33.0 Å². The van der Waals surface area contributed by atoms with Gasteiger partial charge in [-0.15, -0.1) is 0 Å². The van der Waals surface area contributed by atoms with Gasteiger partial charge in [0.1, 0.15) is 22.9 Å². The molecule has 9 nitrogen and oxygen atoms in total. The Bertz CT molecular complexity index is 1420. The zero-order valence-electron chi connectivity index (χ0n) is 19.3. The molecule has 0 atom stereocenters. The summed E-state index contributed by atoms with van der Waals surface area (Å²) in [6, 6.07) is 15.4. The van der Waals surface area contributed by atoms with Crippen LogP contribution in [0.25, 0.3) is 6.08 Å². The van der Waals surface area contributed by atoms with E-state index in [0.29, 0.717) is 21.5 Å². The van der Waals surface area contributed by atoms with Crippen molar-refractivity contribution in [2.75, 3.05) is 23.9 Å². The Kier molecular flexibility index (Phi) is 7.63. The van der Waals surface area contributed by atoms with Gasteiger partial charge in [0.25, 0.3) is 17.7 Å². The number of ether oxygens (including phenoxy) is 2. The molecule has 0 bridgehead atoms. The number of para-hydroxylation sites is 2. The summed E-state index contributed by atoms with van der Waals surface area (Å²) >= 11 is 3.33. The van der Waals surface area contributed by atoms with E-state index in [4.69, 9.17) is 9.47 Å². The molecule has 37 heavy (non-hydrogen) atoms. The number of imide groups is 2. The maximum Gasteiger partial charge on any atom is 0.335 e. The molecule has 0 spiro atoms. The minimum absolute atomic E-state index is 0.0843. The third-order valence-corrected chi connectivity index (χ3v) is 5.69. The van der Waals surface area contributed by atoms with Crippen LogP contribution in [0.5, 0.6) is 11.5 Å². The number of halogens is 2. The van der Waals surface area contributed by atoms with Gasteiger partial charge in [-0.25, -0.2) is 14.1 Å². The molecule has 3 aromatic rings. The van der Waals surface area contributed by atoms with Crippen molar-refractivity contribution in [1.82, 2.24) is 5.32 Å². The van der Waals surface area contributed by atoms with E-state index in [-0.39, 0.29) is 23.6 Å². The Morgan fingerprint density at radius 3 is 2.51 bits per heavy atom. The molecule has 5 amide bonds. The Labute approximate surface area is 219 Å². The number of hydrogen-bond donors (Lipinski definition) is 2. The lowest BCUT2D eigenvalue weighted by atomic mass is 10.1. The molecule has 11 heteroatoms. The van der Waals surface area contributed by atoms with Gasteiger partial charge in [-0.3, -0.25) is 19.7 Å². The average Bonchev–Trinajstić information content (AvgIpc) is 2.87. The van der Waals surface area contributed by atoms with E-state index in [0.717, 1.165) is 17.0 Å². The minimum atomic E-state index is -0.961. The SMILES string of the molecule is COc1ccccc1NC(=O)COc1ccc(Br)cc1/C=C1\C(=O)NC(=O)N(c2ccc(F)cc2)C1=O. The molecular weight excluding hydrogens is 549 g/mol. The fourth-order valence-electron chi connectivity index (χ4n) is 3.48. The third kappa shape index (κ3) is 5.84. The smallest absolute Gasteiger partial charge is 0.335 e. The Balaban J connectivity index is 1.58. The molecule has 1 aliphatic heterocycles. The highest BCUT2D eigenvalue weighted by atomic mass is 79.9. The van der Waals surface area contributed by atoms with Crippen molar-refractivity contribution >= 4 is 57.1 Å². The largest absolute Gasteiger partial charge is 0.495 e. The number of benzene rings is 3. The highest BCUT2D eigenvalue weighted by molar-refractivity contribution is 9.10. The zero-order chi connectivity index (χ0) is 26.5.